The van der Waals surface area contributed by atoms with Gasteiger partial charge in [0.2, 0.25) is 10.0 Å². The Balaban J connectivity index is 2.15. The molecule has 0 spiro atoms. The second-order valence-electron chi connectivity index (χ2n) is 4.55. The Hall–Kier alpha value is -2.20. The molecule has 0 unspecified atom stereocenters. The normalized spacial score (nSPS) is 10.9. The van der Waals surface area contributed by atoms with E-state index in [1.807, 2.05) is 0 Å². The molecule has 8 nitrogen and oxygen atoms in total. The Labute approximate surface area is 133 Å². The van der Waals surface area contributed by atoms with E-state index in [9.17, 15) is 22.4 Å². The number of benzene rings is 1. The van der Waals surface area contributed by atoms with Crippen LogP contribution in [0.4, 0.5) is 9.18 Å². The minimum atomic E-state index is -3.33. The molecule has 0 aliphatic heterocycles. The first-order chi connectivity index (χ1) is 10.8. The fourth-order valence-electron chi connectivity index (χ4n) is 1.44. The highest BCUT2D eigenvalue weighted by Crippen LogP contribution is 2.01. The van der Waals surface area contributed by atoms with Crippen LogP contribution in [0.3, 0.4) is 0 Å². The number of ether oxygens (including phenoxy) is 1. The van der Waals surface area contributed by atoms with Crippen molar-refractivity contribution in [3.05, 3.63) is 35.6 Å². The lowest BCUT2D eigenvalue weighted by Crippen LogP contribution is -2.39. The first-order valence-electron chi connectivity index (χ1n) is 6.62. The lowest BCUT2D eigenvalue weighted by Gasteiger charge is -2.08. The van der Waals surface area contributed by atoms with E-state index in [1.165, 1.54) is 24.3 Å². The number of rotatable bonds is 8. The number of hydrogen-bond donors (Lipinski definition) is 3. The third kappa shape index (κ3) is 9.42. The molecule has 0 aliphatic carbocycles. The van der Waals surface area contributed by atoms with Crippen molar-refractivity contribution in [1.29, 1.82) is 0 Å². The predicted molar refractivity (Wildman–Crippen MR) is 80.4 cm³/mol. The number of sulfonamides is 1. The average Bonchev–Trinajstić information content (AvgIpc) is 2.48. The Morgan fingerprint density at radius 2 is 1.83 bits per heavy atom. The molecule has 0 aromatic heterocycles. The lowest BCUT2D eigenvalue weighted by atomic mass is 10.2. The van der Waals surface area contributed by atoms with E-state index in [1.54, 1.807) is 0 Å². The van der Waals surface area contributed by atoms with Crippen LogP contribution in [0.5, 0.6) is 0 Å². The van der Waals surface area contributed by atoms with Crippen molar-refractivity contribution in [2.24, 2.45) is 0 Å². The summed E-state index contributed by atoms with van der Waals surface area (Å²) in [6.45, 7) is -0.348. The summed E-state index contributed by atoms with van der Waals surface area (Å²) < 4.78 is 41.1. The summed E-state index contributed by atoms with van der Waals surface area (Å²) in [5.74, 6) is -1.07. The highest BCUT2D eigenvalue weighted by atomic mass is 32.2. The molecule has 1 aromatic rings. The van der Waals surface area contributed by atoms with E-state index in [4.69, 9.17) is 4.74 Å². The van der Waals surface area contributed by atoms with Crippen molar-refractivity contribution in [3.63, 3.8) is 0 Å². The van der Waals surface area contributed by atoms with Crippen LogP contribution in [0.15, 0.2) is 24.3 Å². The van der Waals surface area contributed by atoms with E-state index in [2.05, 4.69) is 15.4 Å². The Morgan fingerprint density at radius 3 is 2.43 bits per heavy atom. The lowest BCUT2D eigenvalue weighted by molar-refractivity contribution is -0.142. The SMILES string of the molecule is CS(=O)(=O)NCCOC(=O)CNC(=O)NCc1ccc(F)cc1. The third-order valence-electron chi connectivity index (χ3n) is 2.49. The van der Waals surface area contributed by atoms with Gasteiger partial charge >= 0.3 is 12.0 Å². The Kier molecular flexibility index (Phi) is 7.42. The molecule has 0 saturated heterocycles. The van der Waals surface area contributed by atoms with Crippen LogP contribution in [0.2, 0.25) is 0 Å². The van der Waals surface area contributed by atoms with Crippen molar-refractivity contribution in [2.75, 3.05) is 26.0 Å². The first-order valence-corrected chi connectivity index (χ1v) is 8.52. The standard InChI is InChI=1S/C13H18FN3O5S/c1-23(20,21)17-6-7-22-12(18)9-16-13(19)15-8-10-2-4-11(14)5-3-10/h2-5,17H,6-9H2,1H3,(H2,15,16,19). The molecule has 0 atom stereocenters. The summed E-state index contributed by atoms with van der Waals surface area (Å²) >= 11 is 0. The minimum absolute atomic E-state index is 0.0403. The largest absolute Gasteiger partial charge is 0.463 e. The second kappa shape index (κ2) is 9.06. The van der Waals surface area contributed by atoms with Gasteiger partial charge in [-0.25, -0.2) is 22.3 Å². The van der Waals surface area contributed by atoms with Crippen LogP contribution in [0, 0.1) is 5.82 Å². The van der Waals surface area contributed by atoms with Gasteiger partial charge in [0.05, 0.1) is 6.26 Å². The molecule has 0 aliphatic rings. The first kappa shape index (κ1) is 18.8. The molecule has 23 heavy (non-hydrogen) atoms. The molecule has 10 heteroatoms. The van der Waals surface area contributed by atoms with Crippen molar-refractivity contribution >= 4 is 22.0 Å². The average molecular weight is 347 g/mol. The van der Waals surface area contributed by atoms with Crippen LogP contribution >= 0.6 is 0 Å². The molecule has 2 amide bonds. The predicted octanol–water partition coefficient (Wildman–Crippen LogP) is -0.283. The number of amides is 2. The summed E-state index contributed by atoms with van der Waals surface area (Å²) in [6, 6.07) is 5.02. The number of carbonyl (C=O) groups excluding carboxylic acids is 2. The number of urea groups is 1. The molecule has 1 aromatic carbocycles. The van der Waals surface area contributed by atoms with E-state index >= 15 is 0 Å². The van der Waals surface area contributed by atoms with Crippen LogP contribution in [0.25, 0.3) is 0 Å². The summed E-state index contributed by atoms with van der Waals surface area (Å²) in [5, 5.41) is 4.77. The van der Waals surface area contributed by atoms with Gasteiger partial charge in [0.25, 0.3) is 0 Å². The minimum Gasteiger partial charge on any atom is -0.463 e. The van der Waals surface area contributed by atoms with Gasteiger partial charge in [-0.05, 0) is 17.7 Å². The monoisotopic (exact) mass is 347 g/mol. The molecule has 128 valence electrons. The highest BCUT2D eigenvalue weighted by Gasteiger charge is 2.07. The fraction of sp³-hybridized carbons (Fsp3) is 0.385. The molecule has 0 radical (unpaired) electrons. The number of hydrogen-bond acceptors (Lipinski definition) is 5. The molecule has 0 saturated carbocycles. The fourth-order valence-corrected chi connectivity index (χ4v) is 1.90. The Morgan fingerprint density at radius 1 is 1.17 bits per heavy atom. The van der Waals surface area contributed by atoms with Gasteiger partial charge in [0, 0.05) is 13.1 Å². The van der Waals surface area contributed by atoms with Crippen LogP contribution in [-0.4, -0.2) is 46.4 Å². The number of nitrogens with one attached hydrogen (secondary N) is 3. The topological polar surface area (TPSA) is 114 Å². The molecule has 0 fully saturated rings. The Bertz CT molecular complexity index is 634. The molecular formula is C13H18FN3O5S. The second-order valence-corrected chi connectivity index (χ2v) is 6.38. The van der Waals surface area contributed by atoms with E-state index < -0.39 is 22.0 Å². The molecular weight excluding hydrogens is 329 g/mol. The summed E-state index contributed by atoms with van der Waals surface area (Å²) in [4.78, 5) is 22.8. The summed E-state index contributed by atoms with van der Waals surface area (Å²) in [6.07, 6.45) is 0.988. The van der Waals surface area contributed by atoms with E-state index in [0.717, 1.165) is 6.26 Å². The van der Waals surface area contributed by atoms with Gasteiger partial charge in [-0.3, -0.25) is 4.79 Å². The third-order valence-corrected chi connectivity index (χ3v) is 3.22. The number of halogens is 1. The van der Waals surface area contributed by atoms with Gasteiger partial charge in [0.1, 0.15) is 19.0 Å². The van der Waals surface area contributed by atoms with Gasteiger partial charge in [-0.15, -0.1) is 0 Å². The van der Waals surface area contributed by atoms with E-state index in [-0.39, 0.29) is 32.1 Å². The van der Waals surface area contributed by atoms with Gasteiger partial charge < -0.3 is 15.4 Å². The maximum atomic E-state index is 12.7. The zero-order valence-corrected chi connectivity index (χ0v) is 13.3. The zero-order chi connectivity index (χ0) is 17.3. The van der Waals surface area contributed by atoms with Crippen molar-refractivity contribution in [3.8, 4) is 0 Å². The number of esters is 1. The van der Waals surface area contributed by atoms with Crippen molar-refractivity contribution in [1.82, 2.24) is 15.4 Å². The van der Waals surface area contributed by atoms with Crippen molar-refractivity contribution < 1.29 is 27.1 Å². The summed E-state index contributed by atoms with van der Waals surface area (Å²) in [7, 11) is -3.33. The van der Waals surface area contributed by atoms with Crippen molar-refractivity contribution in [2.45, 2.75) is 6.54 Å². The van der Waals surface area contributed by atoms with Crippen LogP contribution < -0.4 is 15.4 Å². The smallest absolute Gasteiger partial charge is 0.325 e. The number of carbonyl (C=O) groups is 2. The summed E-state index contributed by atoms with van der Waals surface area (Å²) in [5.41, 5.74) is 0.705. The molecule has 1 rings (SSSR count). The maximum Gasteiger partial charge on any atom is 0.325 e. The molecule has 0 heterocycles. The van der Waals surface area contributed by atoms with Gasteiger partial charge in [-0.1, -0.05) is 12.1 Å². The maximum absolute atomic E-state index is 12.7. The zero-order valence-electron chi connectivity index (χ0n) is 12.5. The van der Waals surface area contributed by atoms with Crippen LogP contribution in [-0.2, 0) is 26.1 Å². The van der Waals surface area contributed by atoms with Gasteiger partial charge in [0.15, 0.2) is 0 Å². The van der Waals surface area contributed by atoms with E-state index in [0.29, 0.717) is 5.56 Å². The molecule has 0 bridgehead atoms. The quantitative estimate of drug-likeness (QED) is 0.442. The molecule has 3 N–H and O–H groups in total. The highest BCUT2D eigenvalue weighted by molar-refractivity contribution is 7.88. The van der Waals surface area contributed by atoms with Gasteiger partial charge in [-0.2, -0.15) is 0 Å². The van der Waals surface area contributed by atoms with Crippen LogP contribution in [0.1, 0.15) is 5.56 Å².